The van der Waals surface area contributed by atoms with Crippen LogP contribution in [0.2, 0.25) is 0 Å². The van der Waals surface area contributed by atoms with Gasteiger partial charge in [0.25, 0.3) is 0 Å². The van der Waals surface area contributed by atoms with Gasteiger partial charge in [0.2, 0.25) is 0 Å². The molecule has 0 heterocycles. The Balaban J connectivity index is 2.04. The van der Waals surface area contributed by atoms with Crippen LogP contribution in [-0.4, -0.2) is 18.1 Å². The molecule has 0 saturated heterocycles. The standard InChI is InChI=1S/C16H24N2O/c1-13(2)18(15-11-7-4-8-12-15)16(19)17-14-9-5-3-6-10-14/h4,7-8,11-14H,3,5-6,9-10H2,1-2H3,(H,17,19). The van der Waals surface area contributed by atoms with Crippen molar-refractivity contribution in [1.82, 2.24) is 5.32 Å². The van der Waals surface area contributed by atoms with Crippen LogP contribution in [0.4, 0.5) is 10.5 Å². The Kier molecular flexibility index (Phi) is 4.83. The van der Waals surface area contributed by atoms with Gasteiger partial charge in [-0.15, -0.1) is 0 Å². The number of carbonyl (C=O) groups excluding carboxylic acids is 1. The summed E-state index contributed by atoms with van der Waals surface area (Å²) < 4.78 is 0. The zero-order chi connectivity index (χ0) is 13.7. The molecule has 1 N–H and O–H groups in total. The van der Waals surface area contributed by atoms with Gasteiger partial charge in [0.15, 0.2) is 0 Å². The number of hydrogen-bond donors (Lipinski definition) is 1. The summed E-state index contributed by atoms with van der Waals surface area (Å²) in [4.78, 5) is 14.3. The van der Waals surface area contributed by atoms with Crippen molar-refractivity contribution in [2.24, 2.45) is 0 Å². The topological polar surface area (TPSA) is 32.3 Å². The van der Waals surface area contributed by atoms with E-state index in [0.717, 1.165) is 18.5 Å². The first kappa shape index (κ1) is 13.9. The van der Waals surface area contributed by atoms with Crippen molar-refractivity contribution >= 4 is 11.7 Å². The molecule has 2 rings (SSSR count). The van der Waals surface area contributed by atoms with Crippen LogP contribution in [0.15, 0.2) is 30.3 Å². The number of amides is 2. The fourth-order valence-corrected chi connectivity index (χ4v) is 2.73. The molecule has 1 aromatic carbocycles. The van der Waals surface area contributed by atoms with Crippen LogP contribution in [-0.2, 0) is 0 Å². The number of urea groups is 1. The number of hydrogen-bond acceptors (Lipinski definition) is 1. The lowest BCUT2D eigenvalue weighted by Gasteiger charge is -2.31. The molecule has 1 aliphatic rings. The van der Waals surface area contributed by atoms with Crippen molar-refractivity contribution in [3.63, 3.8) is 0 Å². The lowest BCUT2D eigenvalue weighted by molar-refractivity contribution is 0.236. The van der Waals surface area contributed by atoms with Crippen LogP contribution in [0.1, 0.15) is 46.0 Å². The molecule has 0 aromatic heterocycles. The van der Waals surface area contributed by atoms with Gasteiger partial charge >= 0.3 is 6.03 Å². The zero-order valence-corrected chi connectivity index (χ0v) is 11.9. The molecule has 0 aliphatic heterocycles. The molecule has 3 heteroatoms. The van der Waals surface area contributed by atoms with E-state index < -0.39 is 0 Å². The number of benzene rings is 1. The number of nitrogens with zero attached hydrogens (tertiary/aromatic N) is 1. The number of anilines is 1. The van der Waals surface area contributed by atoms with E-state index in [-0.39, 0.29) is 12.1 Å². The van der Waals surface area contributed by atoms with Crippen LogP contribution in [0.25, 0.3) is 0 Å². The highest BCUT2D eigenvalue weighted by molar-refractivity contribution is 5.92. The van der Waals surface area contributed by atoms with Gasteiger partial charge in [0, 0.05) is 17.8 Å². The highest BCUT2D eigenvalue weighted by Crippen LogP contribution is 2.20. The van der Waals surface area contributed by atoms with Crippen molar-refractivity contribution in [3.05, 3.63) is 30.3 Å². The fraction of sp³-hybridized carbons (Fsp3) is 0.562. The van der Waals surface area contributed by atoms with Gasteiger partial charge < -0.3 is 5.32 Å². The first-order chi connectivity index (χ1) is 9.18. The van der Waals surface area contributed by atoms with E-state index in [9.17, 15) is 4.79 Å². The molecule has 0 unspecified atom stereocenters. The Labute approximate surface area is 116 Å². The Morgan fingerprint density at radius 2 is 1.79 bits per heavy atom. The second-order valence-corrected chi connectivity index (χ2v) is 5.58. The molecule has 0 spiro atoms. The molecule has 0 atom stereocenters. The van der Waals surface area contributed by atoms with Crippen LogP contribution in [0, 0.1) is 0 Å². The fourth-order valence-electron chi connectivity index (χ4n) is 2.73. The molecule has 1 saturated carbocycles. The molecular formula is C16H24N2O. The molecule has 3 nitrogen and oxygen atoms in total. The molecule has 0 radical (unpaired) electrons. The molecular weight excluding hydrogens is 236 g/mol. The molecule has 1 aromatic rings. The molecule has 0 bridgehead atoms. The van der Waals surface area contributed by atoms with Gasteiger partial charge in [-0.1, -0.05) is 37.5 Å². The van der Waals surface area contributed by atoms with Crippen molar-refractivity contribution in [1.29, 1.82) is 0 Å². The van der Waals surface area contributed by atoms with Crippen LogP contribution in [0.3, 0.4) is 0 Å². The Morgan fingerprint density at radius 1 is 1.16 bits per heavy atom. The van der Waals surface area contributed by atoms with E-state index in [2.05, 4.69) is 5.32 Å². The van der Waals surface area contributed by atoms with E-state index in [1.807, 2.05) is 49.1 Å². The van der Waals surface area contributed by atoms with Crippen LogP contribution < -0.4 is 10.2 Å². The first-order valence-electron chi connectivity index (χ1n) is 7.33. The third-order valence-electron chi connectivity index (χ3n) is 3.70. The summed E-state index contributed by atoms with van der Waals surface area (Å²) in [6.45, 7) is 4.10. The minimum atomic E-state index is 0.0353. The Hall–Kier alpha value is -1.51. The predicted octanol–water partition coefficient (Wildman–Crippen LogP) is 3.94. The Morgan fingerprint density at radius 3 is 2.37 bits per heavy atom. The van der Waals surface area contributed by atoms with Gasteiger partial charge in [-0.05, 0) is 38.8 Å². The SMILES string of the molecule is CC(C)N(C(=O)NC1CCCCC1)c1ccccc1. The third-order valence-corrected chi connectivity index (χ3v) is 3.70. The van der Waals surface area contributed by atoms with Crippen molar-refractivity contribution in [3.8, 4) is 0 Å². The van der Waals surface area contributed by atoms with E-state index in [4.69, 9.17) is 0 Å². The lowest BCUT2D eigenvalue weighted by atomic mass is 9.96. The van der Waals surface area contributed by atoms with E-state index in [1.165, 1.54) is 19.3 Å². The summed E-state index contributed by atoms with van der Waals surface area (Å²) in [6, 6.07) is 10.4. The molecule has 1 aliphatic carbocycles. The average Bonchev–Trinajstić information content (AvgIpc) is 2.40. The zero-order valence-electron chi connectivity index (χ0n) is 11.9. The average molecular weight is 260 g/mol. The van der Waals surface area contributed by atoms with E-state index in [1.54, 1.807) is 0 Å². The smallest absolute Gasteiger partial charge is 0.322 e. The number of rotatable bonds is 3. The molecule has 2 amide bonds. The third kappa shape index (κ3) is 3.72. The van der Waals surface area contributed by atoms with Gasteiger partial charge in [0.05, 0.1) is 0 Å². The van der Waals surface area contributed by atoms with Gasteiger partial charge in [-0.25, -0.2) is 4.79 Å². The lowest BCUT2D eigenvalue weighted by Crippen LogP contribution is -2.48. The molecule has 1 fully saturated rings. The van der Waals surface area contributed by atoms with E-state index >= 15 is 0 Å². The summed E-state index contributed by atoms with van der Waals surface area (Å²) in [6.07, 6.45) is 6.01. The highest BCUT2D eigenvalue weighted by atomic mass is 16.2. The Bertz CT molecular complexity index is 396. The van der Waals surface area contributed by atoms with E-state index in [0.29, 0.717) is 6.04 Å². The quantitative estimate of drug-likeness (QED) is 0.877. The number of para-hydroxylation sites is 1. The molecule has 19 heavy (non-hydrogen) atoms. The second-order valence-electron chi connectivity index (χ2n) is 5.58. The van der Waals surface area contributed by atoms with Crippen molar-refractivity contribution in [2.45, 2.75) is 58.0 Å². The highest BCUT2D eigenvalue weighted by Gasteiger charge is 2.22. The van der Waals surface area contributed by atoms with Crippen molar-refractivity contribution < 1.29 is 4.79 Å². The minimum absolute atomic E-state index is 0.0353. The van der Waals surface area contributed by atoms with Crippen LogP contribution in [0.5, 0.6) is 0 Å². The normalized spacial score (nSPS) is 16.4. The summed E-state index contributed by atoms with van der Waals surface area (Å²) >= 11 is 0. The minimum Gasteiger partial charge on any atom is -0.335 e. The maximum Gasteiger partial charge on any atom is 0.322 e. The first-order valence-corrected chi connectivity index (χ1v) is 7.33. The van der Waals surface area contributed by atoms with Gasteiger partial charge in [-0.3, -0.25) is 4.90 Å². The van der Waals surface area contributed by atoms with Crippen molar-refractivity contribution in [2.75, 3.05) is 4.90 Å². The molecule has 104 valence electrons. The monoisotopic (exact) mass is 260 g/mol. The number of carbonyl (C=O) groups is 1. The summed E-state index contributed by atoms with van der Waals surface area (Å²) in [5.41, 5.74) is 0.964. The number of nitrogens with one attached hydrogen (secondary N) is 1. The van der Waals surface area contributed by atoms with Gasteiger partial charge in [0.1, 0.15) is 0 Å². The summed E-state index contributed by atoms with van der Waals surface area (Å²) in [5.74, 6) is 0. The largest absolute Gasteiger partial charge is 0.335 e. The second kappa shape index (κ2) is 6.60. The summed E-state index contributed by atoms with van der Waals surface area (Å²) in [5, 5.41) is 3.19. The van der Waals surface area contributed by atoms with Crippen LogP contribution >= 0.6 is 0 Å². The van der Waals surface area contributed by atoms with Gasteiger partial charge in [-0.2, -0.15) is 0 Å². The predicted molar refractivity (Wildman–Crippen MR) is 79.5 cm³/mol. The maximum atomic E-state index is 12.5. The summed E-state index contributed by atoms with van der Waals surface area (Å²) in [7, 11) is 0. The maximum absolute atomic E-state index is 12.5.